The fraction of sp³-hybridized carbons (Fsp3) is 0.316. The second kappa shape index (κ2) is 8.22. The Kier molecular flexibility index (Phi) is 6.03. The number of carbonyl (C=O) groups excluding carboxylic acids is 1. The van der Waals surface area contributed by atoms with Crippen molar-refractivity contribution in [3.8, 4) is 5.75 Å². The van der Waals surface area contributed by atoms with Crippen molar-refractivity contribution in [2.75, 3.05) is 20.7 Å². The summed E-state index contributed by atoms with van der Waals surface area (Å²) in [7, 11) is 3.47. The van der Waals surface area contributed by atoms with Gasteiger partial charge in [-0.1, -0.05) is 48.0 Å². The van der Waals surface area contributed by atoms with Gasteiger partial charge in [-0.2, -0.15) is 0 Å². The number of nitrogens with one attached hydrogen (secondary N) is 1. The van der Waals surface area contributed by atoms with Crippen LogP contribution in [0.3, 0.4) is 0 Å². The van der Waals surface area contributed by atoms with Crippen LogP contribution in [0.1, 0.15) is 16.7 Å². The smallest absolute Gasteiger partial charge is 0.317 e. The van der Waals surface area contributed by atoms with Crippen LogP contribution in [-0.2, 0) is 13.0 Å². The van der Waals surface area contributed by atoms with Gasteiger partial charge in [-0.25, -0.2) is 4.79 Å². The van der Waals surface area contributed by atoms with Gasteiger partial charge in [0.15, 0.2) is 0 Å². The third kappa shape index (κ3) is 5.02. The summed E-state index contributed by atoms with van der Waals surface area (Å²) in [5.74, 6) is 0.863. The summed E-state index contributed by atoms with van der Waals surface area (Å²) in [6, 6.07) is 16.0. The van der Waals surface area contributed by atoms with Crippen molar-refractivity contribution < 1.29 is 9.53 Å². The van der Waals surface area contributed by atoms with Crippen LogP contribution in [0.5, 0.6) is 5.75 Å². The third-order valence-electron chi connectivity index (χ3n) is 3.72. The number of benzene rings is 2. The maximum atomic E-state index is 12.1. The molecule has 0 saturated heterocycles. The quantitative estimate of drug-likeness (QED) is 0.888. The highest BCUT2D eigenvalue weighted by atomic mass is 16.5. The lowest BCUT2D eigenvalue weighted by molar-refractivity contribution is 0.207. The molecule has 122 valence electrons. The van der Waals surface area contributed by atoms with Gasteiger partial charge in [-0.05, 0) is 30.5 Å². The number of nitrogens with zero attached hydrogens (tertiary/aromatic N) is 1. The highest BCUT2D eigenvalue weighted by Crippen LogP contribution is 2.19. The average Bonchev–Trinajstić information content (AvgIpc) is 2.56. The molecule has 1 N–H and O–H groups in total. The molecule has 23 heavy (non-hydrogen) atoms. The lowest BCUT2D eigenvalue weighted by Gasteiger charge is -2.18. The van der Waals surface area contributed by atoms with Crippen LogP contribution in [0.2, 0.25) is 0 Å². The molecule has 0 radical (unpaired) electrons. The van der Waals surface area contributed by atoms with E-state index in [1.807, 2.05) is 42.5 Å². The Bertz CT molecular complexity index is 641. The molecule has 0 aliphatic rings. The molecule has 4 heteroatoms. The number of carbonyl (C=O) groups is 1. The van der Waals surface area contributed by atoms with E-state index in [0.717, 1.165) is 23.3 Å². The zero-order valence-electron chi connectivity index (χ0n) is 14.0. The summed E-state index contributed by atoms with van der Waals surface area (Å²) in [5.41, 5.74) is 3.41. The summed E-state index contributed by atoms with van der Waals surface area (Å²) >= 11 is 0. The molecular weight excluding hydrogens is 288 g/mol. The van der Waals surface area contributed by atoms with E-state index in [0.29, 0.717) is 13.1 Å². The minimum Gasteiger partial charge on any atom is -0.496 e. The molecule has 0 unspecified atom stereocenters. The molecule has 0 fully saturated rings. The van der Waals surface area contributed by atoms with E-state index in [-0.39, 0.29) is 6.03 Å². The van der Waals surface area contributed by atoms with Crippen LogP contribution in [-0.4, -0.2) is 31.6 Å². The molecule has 0 aliphatic heterocycles. The van der Waals surface area contributed by atoms with Gasteiger partial charge in [0.05, 0.1) is 7.11 Å². The van der Waals surface area contributed by atoms with Crippen molar-refractivity contribution in [1.82, 2.24) is 10.2 Å². The highest BCUT2D eigenvalue weighted by Gasteiger charge is 2.09. The van der Waals surface area contributed by atoms with E-state index < -0.39 is 0 Å². The predicted molar refractivity (Wildman–Crippen MR) is 92.7 cm³/mol. The molecule has 4 nitrogen and oxygen atoms in total. The largest absolute Gasteiger partial charge is 0.496 e. The normalized spacial score (nSPS) is 10.2. The van der Waals surface area contributed by atoms with Gasteiger partial charge in [-0.15, -0.1) is 0 Å². The minimum atomic E-state index is -0.0690. The highest BCUT2D eigenvalue weighted by molar-refractivity contribution is 5.73. The fourth-order valence-corrected chi connectivity index (χ4v) is 2.47. The van der Waals surface area contributed by atoms with Gasteiger partial charge in [-0.3, -0.25) is 0 Å². The number of hydrogen-bond donors (Lipinski definition) is 1. The van der Waals surface area contributed by atoms with Crippen molar-refractivity contribution in [2.45, 2.75) is 19.9 Å². The molecule has 2 rings (SSSR count). The average molecular weight is 312 g/mol. The first kappa shape index (κ1) is 16.9. The van der Waals surface area contributed by atoms with E-state index in [1.165, 1.54) is 5.56 Å². The molecule has 2 aromatic rings. The Hall–Kier alpha value is -2.49. The number of urea groups is 1. The van der Waals surface area contributed by atoms with Crippen LogP contribution >= 0.6 is 0 Å². The molecule has 0 aromatic heterocycles. The Morgan fingerprint density at radius 3 is 2.61 bits per heavy atom. The molecule has 0 bridgehead atoms. The first-order valence-corrected chi connectivity index (χ1v) is 7.76. The summed E-state index contributed by atoms with van der Waals surface area (Å²) in [6.07, 6.45) is 0.746. The predicted octanol–water partition coefficient (Wildman–Crippen LogP) is 3.39. The minimum absolute atomic E-state index is 0.0690. The van der Waals surface area contributed by atoms with Crippen LogP contribution < -0.4 is 10.1 Å². The van der Waals surface area contributed by atoms with Crippen LogP contribution in [0.4, 0.5) is 4.79 Å². The monoisotopic (exact) mass is 312 g/mol. The van der Waals surface area contributed by atoms with Gasteiger partial charge in [0, 0.05) is 20.1 Å². The first-order chi connectivity index (χ1) is 11.1. The Morgan fingerprint density at radius 1 is 1.17 bits per heavy atom. The van der Waals surface area contributed by atoms with Crippen LogP contribution in [0.25, 0.3) is 0 Å². The number of methoxy groups -OCH3 is 1. The number of aryl methyl sites for hydroxylation is 1. The van der Waals surface area contributed by atoms with E-state index in [9.17, 15) is 4.79 Å². The number of amides is 2. The molecule has 0 aliphatic carbocycles. The van der Waals surface area contributed by atoms with Gasteiger partial charge in [0.1, 0.15) is 5.75 Å². The number of hydrogen-bond acceptors (Lipinski definition) is 2. The molecular formula is C19H24N2O2. The molecule has 0 saturated carbocycles. The zero-order valence-corrected chi connectivity index (χ0v) is 14.0. The number of rotatable bonds is 6. The van der Waals surface area contributed by atoms with Crippen LogP contribution in [0, 0.1) is 6.92 Å². The maximum Gasteiger partial charge on any atom is 0.317 e. The fourth-order valence-electron chi connectivity index (χ4n) is 2.47. The molecule has 2 aromatic carbocycles. The van der Waals surface area contributed by atoms with Crippen molar-refractivity contribution in [3.63, 3.8) is 0 Å². The summed E-state index contributed by atoms with van der Waals surface area (Å²) in [4.78, 5) is 13.8. The Labute approximate surface area is 138 Å². The van der Waals surface area contributed by atoms with Gasteiger partial charge in [0.2, 0.25) is 0 Å². The van der Waals surface area contributed by atoms with Gasteiger partial charge in [0.25, 0.3) is 0 Å². The second-order valence-corrected chi connectivity index (χ2v) is 5.64. The van der Waals surface area contributed by atoms with Crippen molar-refractivity contribution in [3.05, 3.63) is 65.2 Å². The molecule has 2 amide bonds. The SMILES string of the molecule is COc1ccc(C)cc1CCNC(=O)N(C)Cc1ccccc1. The van der Waals surface area contributed by atoms with E-state index in [2.05, 4.69) is 18.3 Å². The Morgan fingerprint density at radius 2 is 1.91 bits per heavy atom. The van der Waals surface area contributed by atoms with Crippen molar-refractivity contribution in [1.29, 1.82) is 0 Å². The van der Waals surface area contributed by atoms with E-state index >= 15 is 0 Å². The first-order valence-electron chi connectivity index (χ1n) is 7.76. The van der Waals surface area contributed by atoms with Crippen LogP contribution in [0.15, 0.2) is 48.5 Å². The van der Waals surface area contributed by atoms with E-state index in [1.54, 1.807) is 19.1 Å². The summed E-state index contributed by atoms with van der Waals surface area (Å²) in [6.45, 7) is 3.23. The summed E-state index contributed by atoms with van der Waals surface area (Å²) < 4.78 is 5.36. The van der Waals surface area contributed by atoms with Crippen molar-refractivity contribution in [2.24, 2.45) is 0 Å². The lowest BCUT2D eigenvalue weighted by Crippen LogP contribution is -2.37. The molecule has 0 atom stereocenters. The summed E-state index contributed by atoms with van der Waals surface area (Å²) in [5, 5.41) is 2.95. The topological polar surface area (TPSA) is 41.6 Å². The molecule has 0 heterocycles. The molecule has 0 spiro atoms. The Balaban J connectivity index is 1.84. The zero-order chi connectivity index (χ0) is 16.7. The van der Waals surface area contributed by atoms with Crippen molar-refractivity contribution >= 4 is 6.03 Å². The lowest BCUT2D eigenvalue weighted by atomic mass is 10.1. The third-order valence-corrected chi connectivity index (χ3v) is 3.72. The maximum absolute atomic E-state index is 12.1. The number of ether oxygens (including phenoxy) is 1. The van der Waals surface area contributed by atoms with Gasteiger partial charge >= 0.3 is 6.03 Å². The van der Waals surface area contributed by atoms with E-state index in [4.69, 9.17) is 4.74 Å². The van der Waals surface area contributed by atoms with Gasteiger partial charge < -0.3 is 15.0 Å². The standard InChI is InChI=1S/C19H24N2O2/c1-15-9-10-18(23-3)17(13-15)11-12-20-19(22)21(2)14-16-7-5-4-6-8-16/h4-10,13H,11-12,14H2,1-3H3,(H,20,22). The second-order valence-electron chi connectivity index (χ2n) is 5.64.